The van der Waals surface area contributed by atoms with Crippen molar-refractivity contribution in [3.8, 4) is 17.6 Å². The van der Waals surface area contributed by atoms with Crippen LogP contribution in [0.15, 0.2) is 36.4 Å². The Balaban J connectivity index is 2.27. The first-order valence-electron chi connectivity index (χ1n) is 6.11. The number of hydrogen-bond acceptors (Lipinski definition) is 4. The molecule has 0 aromatic heterocycles. The van der Waals surface area contributed by atoms with Gasteiger partial charge in [0.1, 0.15) is 5.82 Å². The third-order valence-corrected chi connectivity index (χ3v) is 2.90. The van der Waals surface area contributed by atoms with Crippen LogP contribution >= 0.6 is 0 Å². The summed E-state index contributed by atoms with van der Waals surface area (Å²) in [6, 6.07) is 10.5. The summed E-state index contributed by atoms with van der Waals surface area (Å²) in [6.07, 6.45) is 0. The second-order valence-corrected chi connectivity index (χ2v) is 4.33. The fourth-order valence-electron chi connectivity index (χ4n) is 1.70. The van der Waals surface area contributed by atoms with Gasteiger partial charge in [-0.15, -0.1) is 0 Å². The molecule has 0 saturated heterocycles. The maximum Gasteiger partial charge on any atom is 0.343 e. The van der Waals surface area contributed by atoms with Crippen molar-refractivity contribution in [1.82, 2.24) is 0 Å². The Hall–Kier alpha value is -2.87. The van der Waals surface area contributed by atoms with E-state index in [1.54, 1.807) is 6.92 Å². The second-order valence-electron chi connectivity index (χ2n) is 4.33. The average molecular weight is 285 g/mol. The van der Waals surface area contributed by atoms with Crippen molar-refractivity contribution >= 4 is 5.97 Å². The number of ether oxygens (including phenoxy) is 2. The Morgan fingerprint density at radius 2 is 1.95 bits per heavy atom. The lowest BCUT2D eigenvalue weighted by molar-refractivity contribution is 0.0729. The molecule has 2 aromatic carbocycles. The van der Waals surface area contributed by atoms with Crippen LogP contribution in [0.4, 0.5) is 4.39 Å². The fraction of sp³-hybridized carbons (Fsp3) is 0.125. The summed E-state index contributed by atoms with van der Waals surface area (Å²) in [4.78, 5) is 12.0. The molecule has 5 heteroatoms. The predicted molar refractivity (Wildman–Crippen MR) is 73.8 cm³/mol. The number of nitriles is 1. The zero-order chi connectivity index (χ0) is 15.4. The number of hydrogen-bond donors (Lipinski definition) is 0. The highest BCUT2D eigenvalue weighted by Gasteiger charge is 2.14. The van der Waals surface area contributed by atoms with Crippen molar-refractivity contribution in [2.45, 2.75) is 6.92 Å². The number of carbonyl (C=O) groups excluding carboxylic acids is 1. The Kier molecular flexibility index (Phi) is 4.19. The summed E-state index contributed by atoms with van der Waals surface area (Å²) < 4.78 is 23.7. The van der Waals surface area contributed by atoms with Gasteiger partial charge in [0.15, 0.2) is 11.5 Å². The molecule has 0 unspecified atom stereocenters. The molecule has 0 fully saturated rings. The van der Waals surface area contributed by atoms with E-state index in [9.17, 15) is 9.18 Å². The lowest BCUT2D eigenvalue weighted by Gasteiger charge is -2.09. The van der Waals surface area contributed by atoms with Crippen molar-refractivity contribution in [1.29, 1.82) is 5.26 Å². The van der Waals surface area contributed by atoms with Gasteiger partial charge in [-0.05, 0) is 36.8 Å². The molecule has 0 aliphatic carbocycles. The Bertz CT molecular complexity index is 735. The van der Waals surface area contributed by atoms with Gasteiger partial charge in [0.25, 0.3) is 0 Å². The summed E-state index contributed by atoms with van der Waals surface area (Å²) >= 11 is 0. The molecule has 2 rings (SSSR count). The van der Waals surface area contributed by atoms with E-state index in [-0.39, 0.29) is 17.1 Å². The Morgan fingerprint density at radius 3 is 2.57 bits per heavy atom. The van der Waals surface area contributed by atoms with Crippen molar-refractivity contribution in [2.24, 2.45) is 0 Å². The molecule has 0 spiro atoms. The van der Waals surface area contributed by atoms with Gasteiger partial charge in [-0.1, -0.05) is 6.07 Å². The number of rotatable bonds is 3. The number of halogens is 1. The van der Waals surface area contributed by atoms with Crippen LogP contribution in [0.25, 0.3) is 0 Å². The molecule has 0 atom stereocenters. The highest BCUT2D eigenvalue weighted by Crippen LogP contribution is 2.28. The lowest BCUT2D eigenvalue weighted by Crippen LogP contribution is -2.10. The molecule has 0 aliphatic heterocycles. The van der Waals surface area contributed by atoms with Gasteiger partial charge < -0.3 is 9.47 Å². The van der Waals surface area contributed by atoms with Crippen LogP contribution in [0.1, 0.15) is 21.5 Å². The Labute approximate surface area is 121 Å². The van der Waals surface area contributed by atoms with E-state index < -0.39 is 11.8 Å². The molecule has 0 N–H and O–H groups in total. The van der Waals surface area contributed by atoms with Crippen LogP contribution in [0.3, 0.4) is 0 Å². The fourth-order valence-corrected chi connectivity index (χ4v) is 1.70. The predicted octanol–water partition coefficient (Wildman–Crippen LogP) is 3.23. The normalized spacial score (nSPS) is 9.81. The minimum Gasteiger partial charge on any atom is -0.493 e. The first-order valence-corrected chi connectivity index (χ1v) is 6.11. The quantitative estimate of drug-likeness (QED) is 0.641. The number of nitrogens with zero attached hydrogens (tertiary/aromatic N) is 1. The van der Waals surface area contributed by atoms with Crippen LogP contribution in [0, 0.1) is 24.1 Å². The first-order chi connectivity index (χ1) is 10.0. The minimum atomic E-state index is -0.697. The SMILES string of the molecule is COc1cc(C#N)ccc1OC(=O)c1ccc(C)c(F)c1. The van der Waals surface area contributed by atoms with Crippen molar-refractivity contribution in [2.75, 3.05) is 7.11 Å². The van der Waals surface area contributed by atoms with Crippen LogP contribution in [0.2, 0.25) is 0 Å². The van der Waals surface area contributed by atoms with Crippen LogP contribution in [0.5, 0.6) is 11.5 Å². The molecule has 0 amide bonds. The first kappa shape index (κ1) is 14.5. The minimum absolute atomic E-state index is 0.101. The van der Waals surface area contributed by atoms with Gasteiger partial charge >= 0.3 is 5.97 Å². The molecule has 21 heavy (non-hydrogen) atoms. The molecular formula is C16H12FNO3. The van der Waals surface area contributed by atoms with Crippen molar-refractivity contribution in [3.63, 3.8) is 0 Å². The third kappa shape index (κ3) is 3.18. The van der Waals surface area contributed by atoms with E-state index in [1.165, 1.54) is 37.4 Å². The van der Waals surface area contributed by atoms with E-state index in [2.05, 4.69) is 0 Å². The lowest BCUT2D eigenvalue weighted by atomic mass is 10.1. The standard InChI is InChI=1S/C16H12FNO3/c1-10-3-5-12(8-13(10)17)16(19)21-14-6-4-11(9-18)7-15(14)20-2/h3-8H,1-2H3. The summed E-state index contributed by atoms with van der Waals surface area (Å²) in [5, 5.41) is 8.81. The zero-order valence-electron chi connectivity index (χ0n) is 11.5. The monoisotopic (exact) mass is 285 g/mol. The van der Waals surface area contributed by atoms with Gasteiger partial charge in [0.05, 0.1) is 24.3 Å². The second kappa shape index (κ2) is 6.06. The summed E-state index contributed by atoms with van der Waals surface area (Å²) in [5.41, 5.74) is 0.931. The molecule has 0 aliphatic rings. The molecule has 0 saturated carbocycles. The van der Waals surface area contributed by atoms with Crippen LogP contribution < -0.4 is 9.47 Å². The van der Waals surface area contributed by atoms with Crippen LogP contribution in [-0.4, -0.2) is 13.1 Å². The van der Waals surface area contributed by atoms with Gasteiger partial charge in [-0.2, -0.15) is 5.26 Å². The summed E-state index contributed by atoms with van der Waals surface area (Å²) in [7, 11) is 1.40. The number of aryl methyl sites for hydroxylation is 1. The third-order valence-electron chi connectivity index (χ3n) is 2.90. The van der Waals surface area contributed by atoms with Crippen molar-refractivity contribution < 1.29 is 18.7 Å². The molecule has 0 heterocycles. The van der Waals surface area contributed by atoms with E-state index in [4.69, 9.17) is 14.7 Å². The molecule has 0 bridgehead atoms. The topological polar surface area (TPSA) is 59.3 Å². The van der Waals surface area contributed by atoms with Gasteiger partial charge in [0.2, 0.25) is 0 Å². The van der Waals surface area contributed by atoms with Gasteiger partial charge in [0, 0.05) is 6.07 Å². The van der Waals surface area contributed by atoms with E-state index in [0.717, 1.165) is 6.07 Å². The molecule has 2 aromatic rings. The highest BCUT2D eigenvalue weighted by molar-refractivity contribution is 5.91. The number of esters is 1. The largest absolute Gasteiger partial charge is 0.493 e. The zero-order valence-corrected chi connectivity index (χ0v) is 11.5. The average Bonchev–Trinajstić information content (AvgIpc) is 2.50. The molecule has 106 valence electrons. The van der Waals surface area contributed by atoms with E-state index in [1.807, 2.05) is 6.07 Å². The molecular weight excluding hydrogens is 273 g/mol. The number of methoxy groups -OCH3 is 1. The maximum absolute atomic E-state index is 13.5. The maximum atomic E-state index is 13.5. The molecule has 4 nitrogen and oxygen atoms in total. The van der Waals surface area contributed by atoms with Crippen molar-refractivity contribution in [3.05, 3.63) is 58.9 Å². The summed E-state index contributed by atoms with van der Waals surface area (Å²) in [6.45, 7) is 1.61. The Morgan fingerprint density at radius 1 is 1.19 bits per heavy atom. The van der Waals surface area contributed by atoms with Gasteiger partial charge in [-0.25, -0.2) is 9.18 Å². The van der Waals surface area contributed by atoms with E-state index in [0.29, 0.717) is 11.1 Å². The van der Waals surface area contributed by atoms with Crippen LogP contribution in [-0.2, 0) is 0 Å². The van der Waals surface area contributed by atoms with Gasteiger partial charge in [-0.3, -0.25) is 0 Å². The smallest absolute Gasteiger partial charge is 0.343 e. The summed E-state index contributed by atoms with van der Waals surface area (Å²) in [5.74, 6) is -0.745. The highest BCUT2D eigenvalue weighted by atomic mass is 19.1. The number of benzene rings is 2. The number of carbonyl (C=O) groups is 1. The molecule has 0 radical (unpaired) electrons. The van der Waals surface area contributed by atoms with E-state index >= 15 is 0 Å².